The number of thiophene rings is 1. The number of carbonyl (C=O) groups is 1. The Kier molecular flexibility index (Phi) is 5.31. The predicted octanol–water partition coefficient (Wildman–Crippen LogP) is 2.94. The van der Waals surface area contributed by atoms with Crippen molar-refractivity contribution in [1.29, 1.82) is 0 Å². The lowest BCUT2D eigenvalue weighted by molar-refractivity contribution is 0.0946. The van der Waals surface area contributed by atoms with Crippen molar-refractivity contribution < 1.29 is 4.79 Å². The fourth-order valence-corrected chi connectivity index (χ4v) is 2.52. The molecule has 0 aromatic carbocycles. The molecule has 0 unspecified atom stereocenters. The van der Waals surface area contributed by atoms with Gasteiger partial charge in [0.2, 0.25) is 0 Å². The molecular weight excluding hydrogens is 296 g/mol. The van der Waals surface area contributed by atoms with Crippen molar-refractivity contribution in [3.63, 3.8) is 0 Å². The van der Waals surface area contributed by atoms with Crippen molar-refractivity contribution in [2.75, 3.05) is 11.9 Å². The maximum Gasteiger partial charge on any atom is 0.271 e. The summed E-state index contributed by atoms with van der Waals surface area (Å²) in [6, 6.07) is 3.69. The third-order valence-corrected chi connectivity index (χ3v) is 3.72. The van der Waals surface area contributed by atoms with Gasteiger partial charge in [-0.15, -0.1) is 11.3 Å². The zero-order valence-electron chi connectivity index (χ0n) is 11.0. The van der Waals surface area contributed by atoms with E-state index in [0.29, 0.717) is 22.4 Å². The molecule has 2 rings (SSSR count). The zero-order valence-corrected chi connectivity index (χ0v) is 12.6. The van der Waals surface area contributed by atoms with Crippen LogP contribution in [-0.2, 0) is 6.54 Å². The van der Waals surface area contributed by atoms with Crippen LogP contribution in [0.15, 0.2) is 24.5 Å². The highest BCUT2D eigenvalue weighted by Crippen LogP contribution is 2.21. The molecule has 0 fully saturated rings. The van der Waals surface area contributed by atoms with Gasteiger partial charge in [0.05, 0.1) is 23.3 Å². The smallest absolute Gasteiger partial charge is 0.271 e. The summed E-state index contributed by atoms with van der Waals surface area (Å²) >= 11 is 7.27. The molecule has 2 aromatic heterocycles. The summed E-state index contributed by atoms with van der Waals surface area (Å²) in [5, 5.41) is 5.88. The molecule has 106 valence electrons. The molecule has 7 heteroatoms. The Balaban J connectivity index is 1.88. The first-order valence-corrected chi connectivity index (χ1v) is 7.47. The quantitative estimate of drug-likeness (QED) is 0.861. The molecular formula is C13H15ClN4OS. The monoisotopic (exact) mass is 310 g/mol. The minimum absolute atomic E-state index is 0.246. The van der Waals surface area contributed by atoms with Gasteiger partial charge < -0.3 is 10.6 Å². The second kappa shape index (κ2) is 7.21. The fraction of sp³-hybridized carbons (Fsp3) is 0.308. The van der Waals surface area contributed by atoms with Gasteiger partial charge in [0.15, 0.2) is 0 Å². The minimum atomic E-state index is -0.246. The number of aromatic nitrogens is 2. The zero-order chi connectivity index (χ0) is 14.4. The van der Waals surface area contributed by atoms with Crippen LogP contribution in [0.4, 0.5) is 5.82 Å². The molecule has 0 atom stereocenters. The molecule has 0 aliphatic heterocycles. The van der Waals surface area contributed by atoms with E-state index in [1.54, 1.807) is 6.20 Å². The molecule has 2 heterocycles. The van der Waals surface area contributed by atoms with Crippen LogP contribution in [0.2, 0.25) is 4.34 Å². The molecule has 0 saturated heterocycles. The van der Waals surface area contributed by atoms with Crippen LogP contribution < -0.4 is 10.6 Å². The summed E-state index contributed by atoms with van der Waals surface area (Å²) in [5.41, 5.74) is 0.301. The van der Waals surface area contributed by atoms with Crippen LogP contribution in [0.1, 0.15) is 28.7 Å². The number of carbonyl (C=O) groups excluding carboxylic acids is 1. The Morgan fingerprint density at radius 2 is 2.20 bits per heavy atom. The summed E-state index contributed by atoms with van der Waals surface area (Å²) < 4.78 is 0.709. The van der Waals surface area contributed by atoms with E-state index in [1.165, 1.54) is 17.5 Å². The first kappa shape index (κ1) is 14.7. The van der Waals surface area contributed by atoms with Crippen molar-refractivity contribution in [3.05, 3.63) is 39.4 Å². The number of nitrogens with zero attached hydrogens (tertiary/aromatic N) is 2. The standard InChI is InChI=1S/C13H15ClN4OS/c1-2-5-15-12-8-16-10(7-17-12)13(19)18-6-9-3-4-11(14)20-9/h3-4,7-8H,2,5-6H2,1H3,(H,15,17)(H,18,19). The normalized spacial score (nSPS) is 10.3. The third kappa shape index (κ3) is 4.18. The van der Waals surface area contributed by atoms with Gasteiger partial charge in [0.1, 0.15) is 11.5 Å². The molecule has 0 saturated carbocycles. The molecule has 2 aromatic rings. The molecule has 20 heavy (non-hydrogen) atoms. The molecule has 2 N–H and O–H groups in total. The summed E-state index contributed by atoms with van der Waals surface area (Å²) in [7, 11) is 0. The highest BCUT2D eigenvalue weighted by molar-refractivity contribution is 7.16. The Morgan fingerprint density at radius 1 is 1.35 bits per heavy atom. The van der Waals surface area contributed by atoms with Crippen LogP contribution in [0.5, 0.6) is 0 Å². The van der Waals surface area contributed by atoms with Gasteiger partial charge in [0, 0.05) is 11.4 Å². The second-order valence-electron chi connectivity index (χ2n) is 4.10. The van der Waals surface area contributed by atoms with E-state index in [4.69, 9.17) is 11.6 Å². The van der Waals surface area contributed by atoms with Gasteiger partial charge >= 0.3 is 0 Å². The van der Waals surface area contributed by atoms with E-state index >= 15 is 0 Å². The highest BCUT2D eigenvalue weighted by Gasteiger charge is 2.08. The second-order valence-corrected chi connectivity index (χ2v) is 5.90. The molecule has 0 spiro atoms. The van der Waals surface area contributed by atoms with E-state index in [0.717, 1.165) is 17.8 Å². The average molecular weight is 311 g/mol. The summed E-state index contributed by atoms with van der Waals surface area (Å²) in [5.74, 6) is 0.428. The maximum absolute atomic E-state index is 11.9. The van der Waals surface area contributed by atoms with Gasteiger partial charge in [-0.2, -0.15) is 0 Å². The molecule has 1 amide bonds. The van der Waals surface area contributed by atoms with Crippen molar-refractivity contribution in [3.8, 4) is 0 Å². The van der Waals surface area contributed by atoms with Crippen molar-refractivity contribution in [1.82, 2.24) is 15.3 Å². The molecule has 0 bridgehead atoms. The van der Waals surface area contributed by atoms with Crippen molar-refractivity contribution in [2.45, 2.75) is 19.9 Å². The molecule has 0 aliphatic carbocycles. The minimum Gasteiger partial charge on any atom is -0.369 e. The van der Waals surface area contributed by atoms with E-state index in [-0.39, 0.29) is 5.91 Å². The molecule has 0 radical (unpaired) electrons. The summed E-state index contributed by atoms with van der Waals surface area (Å²) in [6.07, 6.45) is 4.04. The largest absolute Gasteiger partial charge is 0.369 e. The summed E-state index contributed by atoms with van der Waals surface area (Å²) in [4.78, 5) is 21.1. The van der Waals surface area contributed by atoms with Gasteiger partial charge in [-0.25, -0.2) is 9.97 Å². The lowest BCUT2D eigenvalue weighted by atomic mass is 10.4. The van der Waals surface area contributed by atoms with Gasteiger partial charge in [-0.3, -0.25) is 4.79 Å². The molecule has 5 nitrogen and oxygen atoms in total. The number of nitrogens with one attached hydrogen (secondary N) is 2. The highest BCUT2D eigenvalue weighted by atomic mass is 35.5. The third-order valence-electron chi connectivity index (χ3n) is 2.49. The van der Waals surface area contributed by atoms with Crippen LogP contribution in [0.3, 0.4) is 0 Å². The number of hydrogen-bond donors (Lipinski definition) is 2. The lowest BCUT2D eigenvalue weighted by Gasteiger charge is -2.05. The van der Waals surface area contributed by atoms with Crippen LogP contribution in [-0.4, -0.2) is 22.4 Å². The van der Waals surface area contributed by atoms with Gasteiger partial charge in [0.25, 0.3) is 5.91 Å². The summed E-state index contributed by atoms with van der Waals surface area (Å²) in [6.45, 7) is 3.34. The Hall–Kier alpha value is -1.66. The maximum atomic E-state index is 11.9. The SMILES string of the molecule is CCCNc1cnc(C(=O)NCc2ccc(Cl)s2)cn1. The first-order chi connectivity index (χ1) is 9.69. The van der Waals surface area contributed by atoms with Gasteiger partial charge in [-0.1, -0.05) is 18.5 Å². The van der Waals surface area contributed by atoms with E-state index in [9.17, 15) is 4.79 Å². The molecule has 0 aliphatic rings. The van der Waals surface area contributed by atoms with Gasteiger partial charge in [-0.05, 0) is 18.6 Å². The number of halogens is 1. The number of hydrogen-bond acceptors (Lipinski definition) is 5. The Morgan fingerprint density at radius 3 is 2.80 bits per heavy atom. The first-order valence-electron chi connectivity index (χ1n) is 6.27. The Bertz CT molecular complexity index is 570. The van der Waals surface area contributed by atoms with E-state index in [2.05, 4.69) is 27.5 Å². The average Bonchev–Trinajstić information content (AvgIpc) is 2.89. The van der Waals surface area contributed by atoms with Crippen LogP contribution >= 0.6 is 22.9 Å². The Labute approximate surface area is 126 Å². The lowest BCUT2D eigenvalue weighted by Crippen LogP contribution is -2.23. The number of rotatable bonds is 6. The number of anilines is 1. The predicted molar refractivity (Wildman–Crippen MR) is 81.3 cm³/mol. The van der Waals surface area contributed by atoms with Crippen LogP contribution in [0.25, 0.3) is 0 Å². The van der Waals surface area contributed by atoms with Crippen LogP contribution in [0, 0.1) is 0 Å². The van der Waals surface area contributed by atoms with Crippen molar-refractivity contribution in [2.24, 2.45) is 0 Å². The van der Waals surface area contributed by atoms with E-state index in [1.807, 2.05) is 12.1 Å². The topological polar surface area (TPSA) is 66.9 Å². The fourth-order valence-electron chi connectivity index (χ4n) is 1.49. The van der Waals surface area contributed by atoms with E-state index < -0.39 is 0 Å². The van der Waals surface area contributed by atoms with Crippen molar-refractivity contribution >= 4 is 34.7 Å². The number of amides is 1.